The first-order valence-corrected chi connectivity index (χ1v) is 7.32. The molecule has 5 heteroatoms. The summed E-state index contributed by atoms with van der Waals surface area (Å²) >= 11 is 6.04. The zero-order valence-corrected chi connectivity index (χ0v) is 11.0. The molecular formula is C11H16ClNO2S. The average molecular weight is 262 g/mol. The molecule has 3 nitrogen and oxygen atoms in total. The first-order chi connectivity index (χ1) is 7.36. The third kappa shape index (κ3) is 3.20. The summed E-state index contributed by atoms with van der Waals surface area (Å²) in [5.74, 6) is 0.166. The van der Waals surface area contributed by atoms with Crippen molar-refractivity contribution in [2.75, 3.05) is 12.8 Å². The molecule has 16 heavy (non-hydrogen) atoms. The molecule has 1 atom stereocenters. The van der Waals surface area contributed by atoms with Gasteiger partial charge in [-0.3, -0.25) is 0 Å². The lowest BCUT2D eigenvalue weighted by Gasteiger charge is -2.13. The summed E-state index contributed by atoms with van der Waals surface area (Å²) in [7, 11) is -3.18. The molecular weight excluding hydrogens is 246 g/mol. The molecule has 0 amide bonds. The highest BCUT2D eigenvalue weighted by Crippen LogP contribution is 2.28. The number of hydrogen-bond acceptors (Lipinski definition) is 3. The van der Waals surface area contributed by atoms with Crippen LogP contribution in [0.2, 0.25) is 5.02 Å². The number of hydrogen-bond donors (Lipinski definition) is 1. The zero-order chi connectivity index (χ0) is 12.3. The van der Waals surface area contributed by atoms with Crippen molar-refractivity contribution in [1.29, 1.82) is 0 Å². The molecule has 0 aliphatic heterocycles. The van der Waals surface area contributed by atoms with Gasteiger partial charge in [-0.15, -0.1) is 0 Å². The fraction of sp³-hybridized carbons (Fsp3) is 0.455. The predicted molar refractivity (Wildman–Crippen MR) is 66.6 cm³/mol. The molecule has 0 saturated carbocycles. The lowest BCUT2D eigenvalue weighted by Crippen LogP contribution is -2.06. The summed E-state index contributed by atoms with van der Waals surface area (Å²) in [5, 5.41) is 0.591. The Bertz CT molecular complexity index is 471. The van der Waals surface area contributed by atoms with Gasteiger partial charge in [-0.25, -0.2) is 8.42 Å². The first kappa shape index (κ1) is 13.5. The standard InChI is InChI=1S/C11H16ClNO2S/c1-8(5-6-13)10-7-9(16(2,14)15)3-4-11(10)12/h3-4,7-8H,5-6,13H2,1-2H3. The van der Waals surface area contributed by atoms with E-state index in [0.717, 1.165) is 12.0 Å². The van der Waals surface area contributed by atoms with Gasteiger partial charge in [0.15, 0.2) is 9.84 Å². The van der Waals surface area contributed by atoms with Crippen molar-refractivity contribution in [1.82, 2.24) is 0 Å². The topological polar surface area (TPSA) is 60.2 Å². The third-order valence-electron chi connectivity index (χ3n) is 2.53. The molecule has 1 rings (SSSR count). The maximum Gasteiger partial charge on any atom is 0.175 e. The van der Waals surface area contributed by atoms with Crippen LogP contribution in [0.25, 0.3) is 0 Å². The van der Waals surface area contributed by atoms with Crippen LogP contribution in [0.15, 0.2) is 23.1 Å². The molecule has 90 valence electrons. The van der Waals surface area contributed by atoms with Crippen LogP contribution in [0.3, 0.4) is 0 Å². The van der Waals surface area contributed by atoms with Crippen molar-refractivity contribution in [2.45, 2.75) is 24.2 Å². The Labute approximate surface area is 102 Å². The van der Waals surface area contributed by atoms with Crippen LogP contribution in [0.4, 0.5) is 0 Å². The van der Waals surface area contributed by atoms with Crippen LogP contribution in [-0.2, 0) is 9.84 Å². The molecule has 0 saturated heterocycles. The molecule has 2 N–H and O–H groups in total. The maximum atomic E-state index is 11.4. The lowest BCUT2D eigenvalue weighted by molar-refractivity contribution is 0.601. The van der Waals surface area contributed by atoms with Gasteiger partial charge >= 0.3 is 0 Å². The molecule has 1 aromatic carbocycles. The van der Waals surface area contributed by atoms with Gasteiger partial charge in [-0.05, 0) is 42.6 Å². The Balaban J connectivity index is 3.19. The van der Waals surface area contributed by atoms with Crippen molar-refractivity contribution in [3.63, 3.8) is 0 Å². The maximum absolute atomic E-state index is 11.4. The highest BCUT2D eigenvalue weighted by atomic mass is 35.5. The van der Waals surface area contributed by atoms with Gasteiger partial charge in [0.1, 0.15) is 0 Å². The monoisotopic (exact) mass is 261 g/mol. The normalized spacial score (nSPS) is 13.8. The molecule has 0 aliphatic carbocycles. The van der Waals surface area contributed by atoms with Gasteiger partial charge in [-0.2, -0.15) is 0 Å². The van der Waals surface area contributed by atoms with E-state index >= 15 is 0 Å². The number of halogens is 1. The Morgan fingerprint density at radius 1 is 1.44 bits per heavy atom. The van der Waals surface area contributed by atoms with Gasteiger partial charge in [0.25, 0.3) is 0 Å². The fourth-order valence-electron chi connectivity index (χ4n) is 1.54. The van der Waals surface area contributed by atoms with E-state index in [1.54, 1.807) is 12.1 Å². The van der Waals surface area contributed by atoms with Crippen molar-refractivity contribution in [2.24, 2.45) is 5.73 Å². The molecule has 0 aliphatic rings. The summed E-state index contributed by atoms with van der Waals surface area (Å²) in [4.78, 5) is 0.302. The predicted octanol–water partition coefficient (Wildman–Crippen LogP) is 2.20. The largest absolute Gasteiger partial charge is 0.330 e. The summed E-state index contributed by atoms with van der Waals surface area (Å²) in [5.41, 5.74) is 6.32. The first-order valence-electron chi connectivity index (χ1n) is 5.06. The summed E-state index contributed by atoms with van der Waals surface area (Å²) < 4.78 is 22.8. The highest BCUT2D eigenvalue weighted by molar-refractivity contribution is 7.90. The molecule has 0 fully saturated rings. The Hall–Kier alpha value is -0.580. The van der Waals surface area contributed by atoms with Crippen LogP contribution >= 0.6 is 11.6 Å². The second-order valence-electron chi connectivity index (χ2n) is 3.93. The van der Waals surface area contributed by atoms with E-state index in [9.17, 15) is 8.42 Å². The Morgan fingerprint density at radius 3 is 2.56 bits per heavy atom. The number of benzene rings is 1. The summed E-state index contributed by atoms with van der Waals surface area (Å²) in [6, 6.07) is 4.79. The average Bonchev–Trinajstić information content (AvgIpc) is 2.16. The van der Waals surface area contributed by atoms with Gasteiger partial charge < -0.3 is 5.73 Å². The van der Waals surface area contributed by atoms with E-state index in [-0.39, 0.29) is 5.92 Å². The van der Waals surface area contributed by atoms with Crippen molar-refractivity contribution < 1.29 is 8.42 Å². The second kappa shape index (κ2) is 5.17. The molecule has 1 unspecified atom stereocenters. The Kier molecular flexibility index (Phi) is 4.35. The fourth-order valence-corrected chi connectivity index (χ4v) is 2.50. The van der Waals surface area contributed by atoms with Crippen LogP contribution in [0.1, 0.15) is 24.8 Å². The van der Waals surface area contributed by atoms with Crippen LogP contribution in [-0.4, -0.2) is 21.2 Å². The van der Waals surface area contributed by atoms with Crippen LogP contribution < -0.4 is 5.73 Å². The molecule has 0 radical (unpaired) electrons. The zero-order valence-electron chi connectivity index (χ0n) is 9.40. The van der Waals surface area contributed by atoms with Gasteiger partial charge in [0.05, 0.1) is 4.90 Å². The van der Waals surface area contributed by atoms with Crippen molar-refractivity contribution in [3.8, 4) is 0 Å². The minimum atomic E-state index is -3.18. The van der Waals surface area contributed by atoms with E-state index in [1.807, 2.05) is 6.92 Å². The quantitative estimate of drug-likeness (QED) is 0.904. The smallest absolute Gasteiger partial charge is 0.175 e. The van der Waals surface area contributed by atoms with Gasteiger partial charge in [0.2, 0.25) is 0 Å². The SMILES string of the molecule is CC(CCN)c1cc(S(C)(=O)=O)ccc1Cl. The molecule has 0 aromatic heterocycles. The van der Waals surface area contributed by atoms with E-state index in [2.05, 4.69) is 0 Å². The van der Waals surface area contributed by atoms with E-state index < -0.39 is 9.84 Å². The minimum Gasteiger partial charge on any atom is -0.330 e. The van der Waals surface area contributed by atoms with Gasteiger partial charge in [0, 0.05) is 11.3 Å². The highest BCUT2D eigenvalue weighted by Gasteiger charge is 2.14. The Morgan fingerprint density at radius 2 is 2.06 bits per heavy atom. The molecule has 0 heterocycles. The second-order valence-corrected chi connectivity index (χ2v) is 6.36. The molecule has 0 bridgehead atoms. The van der Waals surface area contributed by atoms with Crippen LogP contribution in [0.5, 0.6) is 0 Å². The lowest BCUT2D eigenvalue weighted by atomic mass is 9.98. The molecule has 1 aromatic rings. The van der Waals surface area contributed by atoms with Crippen LogP contribution in [0, 0.1) is 0 Å². The summed E-state index contributed by atoms with van der Waals surface area (Å²) in [6.45, 7) is 2.54. The van der Waals surface area contributed by atoms with Gasteiger partial charge in [-0.1, -0.05) is 18.5 Å². The summed E-state index contributed by atoms with van der Waals surface area (Å²) in [6.07, 6.45) is 1.97. The van der Waals surface area contributed by atoms with E-state index in [4.69, 9.17) is 17.3 Å². The number of sulfone groups is 1. The minimum absolute atomic E-state index is 0.166. The number of rotatable bonds is 4. The number of nitrogens with two attached hydrogens (primary N) is 1. The van der Waals surface area contributed by atoms with Crippen molar-refractivity contribution >= 4 is 21.4 Å². The van der Waals surface area contributed by atoms with Crippen molar-refractivity contribution in [3.05, 3.63) is 28.8 Å². The van der Waals surface area contributed by atoms with E-state index in [0.29, 0.717) is 16.5 Å². The third-order valence-corrected chi connectivity index (χ3v) is 3.98. The van der Waals surface area contributed by atoms with E-state index in [1.165, 1.54) is 12.3 Å². The molecule has 0 spiro atoms.